The lowest BCUT2D eigenvalue weighted by molar-refractivity contribution is 0.0620. The van der Waals surface area contributed by atoms with E-state index in [9.17, 15) is 4.79 Å². The molecule has 2 aromatic heterocycles. The summed E-state index contributed by atoms with van der Waals surface area (Å²) in [4.78, 5) is 15.0. The molecule has 21 heavy (non-hydrogen) atoms. The normalized spacial score (nSPS) is 28.0. The molecular weight excluding hydrogens is 330 g/mol. The van der Waals surface area contributed by atoms with Gasteiger partial charge in [0.1, 0.15) is 0 Å². The standard InChI is InChI=1S/C16H18BrN3O/c17-13-4-8-20-7-3-12(9-15(13)20)16(21)18-14-10-19-5-1-11(14)2-6-19/h3-4,7-9,11,14H,1-2,5-6,10H2,(H,18,21). The van der Waals surface area contributed by atoms with Gasteiger partial charge in [-0.05, 0) is 66.0 Å². The van der Waals surface area contributed by atoms with E-state index in [0.717, 1.165) is 22.1 Å². The molecule has 3 saturated heterocycles. The van der Waals surface area contributed by atoms with E-state index in [0.29, 0.717) is 12.0 Å². The van der Waals surface area contributed by atoms with Crippen LogP contribution in [0.5, 0.6) is 0 Å². The molecule has 1 unspecified atom stereocenters. The first-order valence-electron chi connectivity index (χ1n) is 7.50. The average Bonchev–Trinajstić information content (AvgIpc) is 2.89. The predicted molar refractivity (Wildman–Crippen MR) is 85.5 cm³/mol. The molecule has 5 heteroatoms. The number of amides is 1. The summed E-state index contributed by atoms with van der Waals surface area (Å²) in [6.45, 7) is 3.40. The van der Waals surface area contributed by atoms with Crippen LogP contribution in [0, 0.1) is 5.92 Å². The number of aromatic nitrogens is 1. The molecule has 0 spiro atoms. The van der Waals surface area contributed by atoms with Gasteiger partial charge in [-0.15, -0.1) is 0 Å². The lowest BCUT2D eigenvalue weighted by Crippen LogP contribution is -2.57. The molecule has 1 N–H and O–H groups in total. The van der Waals surface area contributed by atoms with Crippen LogP contribution in [-0.2, 0) is 0 Å². The van der Waals surface area contributed by atoms with Crippen molar-refractivity contribution in [1.29, 1.82) is 0 Å². The van der Waals surface area contributed by atoms with E-state index in [4.69, 9.17) is 0 Å². The maximum absolute atomic E-state index is 12.5. The number of hydrogen-bond acceptors (Lipinski definition) is 2. The summed E-state index contributed by atoms with van der Waals surface area (Å²) in [6, 6.07) is 6.13. The molecule has 0 radical (unpaired) electrons. The molecule has 5 heterocycles. The van der Waals surface area contributed by atoms with Gasteiger partial charge in [0.05, 0.1) is 5.52 Å². The summed E-state index contributed by atoms with van der Waals surface area (Å²) >= 11 is 3.52. The van der Waals surface area contributed by atoms with E-state index in [-0.39, 0.29) is 5.91 Å². The van der Waals surface area contributed by atoms with Gasteiger partial charge in [-0.2, -0.15) is 0 Å². The number of nitrogens with one attached hydrogen (secondary N) is 1. The first-order valence-corrected chi connectivity index (χ1v) is 8.29. The minimum absolute atomic E-state index is 0.0457. The second-order valence-electron chi connectivity index (χ2n) is 6.09. The second-order valence-corrected chi connectivity index (χ2v) is 6.94. The average molecular weight is 348 g/mol. The number of fused-ring (bicyclic) bond motifs is 4. The number of hydrogen-bond donors (Lipinski definition) is 1. The number of carbonyl (C=O) groups excluding carboxylic acids is 1. The summed E-state index contributed by atoms with van der Waals surface area (Å²) in [7, 11) is 0. The quantitative estimate of drug-likeness (QED) is 0.906. The van der Waals surface area contributed by atoms with E-state index in [2.05, 4.69) is 26.1 Å². The van der Waals surface area contributed by atoms with Gasteiger partial charge in [-0.3, -0.25) is 4.79 Å². The summed E-state index contributed by atoms with van der Waals surface area (Å²) in [6.07, 6.45) is 6.35. The highest BCUT2D eigenvalue weighted by Crippen LogP contribution is 2.28. The molecule has 0 saturated carbocycles. The van der Waals surface area contributed by atoms with Crippen LogP contribution < -0.4 is 5.32 Å². The lowest BCUT2D eigenvalue weighted by Gasteiger charge is -2.44. The van der Waals surface area contributed by atoms with Gasteiger partial charge in [0.25, 0.3) is 5.91 Å². The molecule has 1 atom stereocenters. The van der Waals surface area contributed by atoms with Crippen molar-refractivity contribution >= 4 is 27.4 Å². The number of pyridine rings is 1. The fourth-order valence-electron chi connectivity index (χ4n) is 3.59. The Hall–Kier alpha value is -1.33. The number of rotatable bonds is 2. The molecule has 2 aromatic rings. The molecule has 110 valence electrons. The van der Waals surface area contributed by atoms with E-state index in [1.807, 2.05) is 35.0 Å². The molecule has 3 fully saturated rings. The molecular formula is C16H18BrN3O. The number of halogens is 1. The summed E-state index contributed by atoms with van der Waals surface area (Å²) < 4.78 is 3.02. The van der Waals surface area contributed by atoms with Crippen LogP contribution in [0.25, 0.3) is 5.52 Å². The fourth-order valence-corrected chi connectivity index (χ4v) is 4.02. The van der Waals surface area contributed by atoms with Crippen molar-refractivity contribution in [1.82, 2.24) is 14.6 Å². The van der Waals surface area contributed by atoms with Crippen LogP contribution >= 0.6 is 15.9 Å². The zero-order valence-corrected chi connectivity index (χ0v) is 13.3. The Morgan fingerprint density at radius 2 is 2.00 bits per heavy atom. The topological polar surface area (TPSA) is 36.8 Å². The maximum atomic E-state index is 12.5. The fraction of sp³-hybridized carbons (Fsp3) is 0.438. The van der Waals surface area contributed by atoms with Crippen LogP contribution in [0.3, 0.4) is 0 Å². The van der Waals surface area contributed by atoms with E-state index in [1.54, 1.807) is 0 Å². The van der Waals surface area contributed by atoms with Gasteiger partial charge in [-0.1, -0.05) is 0 Å². The smallest absolute Gasteiger partial charge is 0.251 e. The van der Waals surface area contributed by atoms with Gasteiger partial charge >= 0.3 is 0 Å². The SMILES string of the molecule is O=C(NC1CN2CCC1CC2)c1ccn2ccc(Br)c2c1. The van der Waals surface area contributed by atoms with Gasteiger partial charge in [-0.25, -0.2) is 0 Å². The van der Waals surface area contributed by atoms with Gasteiger partial charge in [0.2, 0.25) is 0 Å². The Morgan fingerprint density at radius 1 is 1.24 bits per heavy atom. The van der Waals surface area contributed by atoms with Crippen LogP contribution in [0.4, 0.5) is 0 Å². The third kappa shape index (κ3) is 2.38. The summed E-state index contributed by atoms with van der Waals surface area (Å²) in [5, 5.41) is 3.24. The number of nitrogens with zero attached hydrogens (tertiary/aromatic N) is 2. The number of piperidine rings is 3. The Bertz CT molecular complexity index is 688. The summed E-state index contributed by atoms with van der Waals surface area (Å²) in [5.74, 6) is 0.701. The molecule has 4 nitrogen and oxygen atoms in total. The van der Waals surface area contributed by atoms with Crippen molar-refractivity contribution in [2.24, 2.45) is 5.92 Å². The first kappa shape index (κ1) is 13.3. The third-order valence-electron chi connectivity index (χ3n) is 4.85. The molecule has 3 aliphatic rings. The maximum Gasteiger partial charge on any atom is 0.251 e. The van der Waals surface area contributed by atoms with E-state index < -0.39 is 0 Å². The molecule has 0 aromatic carbocycles. The molecule has 5 rings (SSSR count). The van der Waals surface area contributed by atoms with Crippen molar-refractivity contribution in [3.05, 3.63) is 40.6 Å². The highest BCUT2D eigenvalue weighted by atomic mass is 79.9. The largest absolute Gasteiger partial charge is 0.348 e. The highest BCUT2D eigenvalue weighted by Gasteiger charge is 2.34. The minimum atomic E-state index is 0.0457. The van der Waals surface area contributed by atoms with E-state index in [1.165, 1.54) is 25.9 Å². The van der Waals surface area contributed by atoms with Crippen LogP contribution in [0.15, 0.2) is 35.1 Å². The zero-order chi connectivity index (χ0) is 14.4. The second kappa shape index (κ2) is 5.14. The van der Waals surface area contributed by atoms with Crippen molar-refractivity contribution in [2.45, 2.75) is 18.9 Å². The van der Waals surface area contributed by atoms with Crippen LogP contribution in [0.2, 0.25) is 0 Å². The third-order valence-corrected chi connectivity index (χ3v) is 5.52. The Labute approximate surface area is 132 Å². The summed E-state index contributed by atoms with van der Waals surface area (Å²) in [5.41, 5.74) is 1.76. The Balaban J connectivity index is 1.54. The zero-order valence-electron chi connectivity index (χ0n) is 11.8. The molecule has 0 aliphatic carbocycles. The highest BCUT2D eigenvalue weighted by molar-refractivity contribution is 9.10. The molecule has 2 bridgehead atoms. The van der Waals surface area contributed by atoms with Crippen molar-refractivity contribution in [2.75, 3.05) is 19.6 Å². The first-order chi connectivity index (χ1) is 10.2. The Kier molecular flexibility index (Phi) is 3.27. The van der Waals surface area contributed by atoms with Gasteiger partial charge < -0.3 is 14.6 Å². The van der Waals surface area contributed by atoms with Crippen LogP contribution in [0.1, 0.15) is 23.2 Å². The van der Waals surface area contributed by atoms with Gasteiger partial charge in [0.15, 0.2) is 0 Å². The monoisotopic (exact) mass is 347 g/mol. The molecule has 3 aliphatic heterocycles. The van der Waals surface area contributed by atoms with Crippen molar-refractivity contribution in [3.63, 3.8) is 0 Å². The molecule has 1 amide bonds. The van der Waals surface area contributed by atoms with Crippen molar-refractivity contribution in [3.8, 4) is 0 Å². The van der Waals surface area contributed by atoms with Gasteiger partial charge in [0, 0.05) is 35.0 Å². The Morgan fingerprint density at radius 3 is 2.71 bits per heavy atom. The minimum Gasteiger partial charge on any atom is -0.348 e. The van der Waals surface area contributed by atoms with Crippen molar-refractivity contribution < 1.29 is 4.79 Å². The number of carbonyl (C=O) groups is 1. The predicted octanol–water partition coefficient (Wildman–Crippen LogP) is 2.53. The van der Waals surface area contributed by atoms with E-state index >= 15 is 0 Å². The lowest BCUT2D eigenvalue weighted by atomic mass is 9.84. The van der Waals surface area contributed by atoms with Crippen LogP contribution in [-0.4, -0.2) is 40.9 Å².